The van der Waals surface area contributed by atoms with Crippen LogP contribution in [-0.2, 0) is 0 Å². The van der Waals surface area contributed by atoms with Crippen LogP contribution < -0.4 is 0 Å². The Balaban J connectivity index is 0. The Kier molecular flexibility index (Phi) is 34.5. The van der Waals surface area contributed by atoms with Crippen LogP contribution in [0.5, 0.6) is 0 Å². The molecule has 0 nitrogen and oxygen atoms in total. The average Bonchev–Trinajstić information content (AvgIpc) is 3.53. The molecule has 0 aromatic carbocycles. The summed E-state index contributed by atoms with van der Waals surface area (Å²) in [5.41, 5.74) is 1.23. The summed E-state index contributed by atoms with van der Waals surface area (Å²) < 4.78 is 0. The minimum absolute atomic E-state index is 0.500. The van der Waals surface area contributed by atoms with Gasteiger partial charge in [-0.25, -0.2) is 0 Å². The van der Waals surface area contributed by atoms with E-state index < -0.39 is 0 Å². The van der Waals surface area contributed by atoms with Gasteiger partial charge in [-0.3, -0.25) is 0 Å². The van der Waals surface area contributed by atoms with Gasteiger partial charge < -0.3 is 0 Å². The molecule has 0 N–H and O–H groups in total. The van der Waals surface area contributed by atoms with Gasteiger partial charge in [0, 0.05) is 5.25 Å². The molecule has 0 aromatic heterocycles. The summed E-state index contributed by atoms with van der Waals surface area (Å²) in [5.74, 6) is 3.95. The highest BCUT2D eigenvalue weighted by Crippen LogP contribution is 2.72. The minimum atomic E-state index is 0.500. The molecule has 0 amide bonds. The van der Waals surface area contributed by atoms with Gasteiger partial charge in [0.2, 0.25) is 0 Å². The molecule has 4 atom stereocenters. The first kappa shape index (κ1) is 50.2. The maximum atomic E-state index is 4.70. The smallest absolute Gasteiger partial charge is 0.00848 e. The Morgan fingerprint density at radius 2 is 0.854 bits per heavy atom. The van der Waals surface area contributed by atoms with E-state index in [9.17, 15) is 0 Å². The third kappa shape index (κ3) is 23.5. The standard InChI is InChI=1S/C24H50.C12H20S.C7H16.C2H6.C2H4/c1-3-5-7-9-11-13-15-17-19-21-23-24-22-20-18-16-14-12-10-8-6-4-2;1-8-6-10(9-4-2-3-5-9)12(8)7-11(12)13;1-6(2)7(3,4)5;2*1-2/h3-24H2,1-2H3;8-11,13H,2-7H2,1H3;6H,1-5H3;1-2H3;1-2H2. The Morgan fingerprint density at radius 3 is 1.04 bits per heavy atom. The highest BCUT2D eigenvalue weighted by atomic mass is 32.1. The van der Waals surface area contributed by atoms with E-state index in [-0.39, 0.29) is 0 Å². The van der Waals surface area contributed by atoms with E-state index in [2.05, 4.69) is 68.5 Å². The van der Waals surface area contributed by atoms with Crippen molar-refractivity contribution in [3.8, 4) is 0 Å². The average molecular weight is 693 g/mol. The number of hydrogen-bond acceptors (Lipinski definition) is 1. The molecule has 4 unspecified atom stereocenters. The van der Waals surface area contributed by atoms with E-state index in [0.717, 1.165) is 34.3 Å². The van der Waals surface area contributed by atoms with Gasteiger partial charge in [0.15, 0.2) is 0 Å². The molecule has 0 bridgehead atoms. The van der Waals surface area contributed by atoms with Crippen LogP contribution in [-0.4, -0.2) is 5.25 Å². The first-order valence-corrected chi connectivity index (χ1v) is 22.8. The molecule has 3 saturated carbocycles. The zero-order valence-electron chi connectivity index (χ0n) is 35.5. The van der Waals surface area contributed by atoms with Crippen LogP contribution >= 0.6 is 12.6 Å². The third-order valence-electron chi connectivity index (χ3n) is 12.4. The Labute approximate surface area is 313 Å². The molecule has 3 rings (SSSR count). The molecule has 3 aliphatic carbocycles. The highest BCUT2D eigenvalue weighted by Gasteiger charge is 2.67. The molecule has 290 valence electrons. The van der Waals surface area contributed by atoms with Crippen LogP contribution in [0.1, 0.15) is 249 Å². The summed E-state index contributed by atoms with van der Waals surface area (Å²) in [6, 6.07) is 0. The summed E-state index contributed by atoms with van der Waals surface area (Å²) in [5, 5.41) is 0.766. The number of unbranched alkanes of at least 4 members (excludes halogenated alkanes) is 21. The van der Waals surface area contributed by atoms with Crippen molar-refractivity contribution in [1.29, 1.82) is 0 Å². The number of rotatable bonds is 22. The molecule has 1 spiro atoms. The van der Waals surface area contributed by atoms with E-state index in [1.165, 1.54) is 180 Å². The SMILES string of the molecule is C=C.CC.CC(C)C(C)(C)C.CC1CC(C2CCCC2)C12CC2S.CCCCCCCCCCCCCCCCCCCCCCCC. The van der Waals surface area contributed by atoms with Gasteiger partial charge in [-0.1, -0.05) is 236 Å². The summed E-state index contributed by atoms with van der Waals surface area (Å²) in [6.45, 7) is 28.3. The van der Waals surface area contributed by atoms with Crippen molar-refractivity contribution in [2.24, 2.45) is 34.5 Å². The lowest BCUT2D eigenvalue weighted by Gasteiger charge is -2.48. The van der Waals surface area contributed by atoms with Gasteiger partial charge in [-0.05, 0) is 47.3 Å². The lowest BCUT2D eigenvalue weighted by atomic mass is 9.57. The molecule has 0 aliphatic heterocycles. The minimum Gasteiger partial charge on any atom is -0.175 e. The van der Waals surface area contributed by atoms with Crippen molar-refractivity contribution >= 4 is 12.6 Å². The summed E-state index contributed by atoms with van der Waals surface area (Å²) in [7, 11) is 0. The Morgan fingerprint density at radius 1 is 0.604 bits per heavy atom. The van der Waals surface area contributed by atoms with E-state index in [1.807, 2.05) is 13.8 Å². The van der Waals surface area contributed by atoms with Crippen molar-refractivity contribution in [3.63, 3.8) is 0 Å². The zero-order valence-corrected chi connectivity index (χ0v) is 36.4. The predicted molar refractivity (Wildman–Crippen MR) is 229 cm³/mol. The molecular weight excluding hydrogens is 597 g/mol. The van der Waals surface area contributed by atoms with Crippen molar-refractivity contribution in [2.45, 2.75) is 254 Å². The van der Waals surface area contributed by atoms with Crippen molar-refractivity contribution < 1.29 is 0 Å². The number of hydrogen-bond donors (Lipinski definition) is 1. The van der Waals surface area contributed by atoms with Gasteiger partial charge in [-0.2, -0.15) is 12.6 Å². The molecule has 0 saturated heterocycles. The predicted octanol–water partition coefficient (Wildman–Crippen LogP) is 17.6. The van der Waals surface area contributed by atoms with Crippen molar-refractivity contribution in [3.05, 3.63) is 13.2 Å². The summed E-state index contributed by atoms with van der Waals surface area (Å²) in [6.07, 6.45) is 41.4. The normalized spacial score (nSPS) is 22.7. The van der Waals surface area contributed by atoms with Crippen LogP contribution in [0.2, 0.25) is 0 Å². The summed E-state index contributed by atoms with van der Waals surface area (Å²) >= 11 is 4.70. The van der Waals surface area contributed by atoms with Crippen LogP contribution in [0.25, 0.3) is 0 Å². The molecular formula is C47H96S. The van der Waals surface area contributed by atoms with Crippen LogP contribution in [0.15, 0.2) is 13.2 Å². The van der Waals surface area contributed by atoms with E-state index in [4.69, 9.17) is 12.6 Å². The van der Waals surface area contributed by atoms with Crippen LogP contribution in [0.4, 0.5) is 0 Å². The lowest BCUT2D eigenvalue weighted by molar-refractivity contribution is 0.0136. The Hall–Kier alpha value is 0.0900. The molecule has 48 heavy (non-hydrogen) atoms. The fraction of sp³-hybridized carbons (Fsp3) is 0.957. The lowest BCUT2D eigenvalue weighted by Crippen LogP contribution is -2.42. The van der Waals surface area contributed by atoms with Crippen molar-refractivity contribution in [1.82, 2.24) is 0 Å². The highest BCUT2D eigenvalue weighted by molar-refractivity contribution is 7.81. The van der Waals surface area contributed by atoms with Gasteiger partial charge in [0.1, 0.15) is 0 Å². The molecule has 0 radical (unpaired) electrons. The largest absolute Gasteiger partial charge is 0.175 e. The van der Waals surface area contributed by atoms with Gasteiger partial charge >= 0.3 is 0 Å². The molecule has 1 heteroatoms. The van der Waals surface area contributed by atoms with E-state index >= 15 is 0 Å². The van der Waals surface area contributed by atoms with Crippen LogP contribution in [0.3, 0.4) is 0 Å². The monoisotopic (exact) mass is 693 g/mol. The molecule has 0 aromatic rings. The van der Waals surface area contributed by atoms with Crippen molar-refractivity contribution in [2.75, 3.05) is 0 Å². The Bertz CT molecular complexity index is 618. The topological polar surface area (TPSA) is 0 Å². The quantitative estimate of drug-likeness (QED) is 0.0652. The molecule has 3 aliphatic rings. The maximum absolute atomic E-state index is 4.70. The first-order chi connectivity index (χ1) is 23.1. The van der Waals surface area contributed by atoms with E-state index in [1.54, 1.807) is 0 Å². The first-order valence-electron chi connectivity index (χ1n) is 22.3. The summed E-state index contributed by atoms with van der Waals surface area (Å²) in [4.78, 5) is 0. The molecule has 3 fully saturated rings. The molecule has 0 heterocycles. The fourth-order valence-corrected chi connectivity index (χ4v) is 8.66. The van der Waals surface area contributed by atoms with Gasteiger partial charge in [0.05, 0.1) is 0 Å². The second-order valence-electron chi connectivity index (χ2n) is 17.2. The second-order valence-corrected chi connectivity index (χ2v) is 17.8. The maximum Gasteiger partial charge on any atom is 0.00848 e. The fourth-order valence-electron chi connectivity index (χ4n) is 7.90. The van der Waals surface area contributed by atoms with Crippen LogP contribution in [0, 0.1) is 34.5 Å². The van der Waals surface area contributed by atoms with Gasteiger partial charge in [-0.15, -0.1) is 13.2 Å². The second kappa shape index (κ2) is 33.0. The van der Waals surface area contributed by atoms with Gasteiger partial charge in [0.25, 0.3) is 0 Å². The number of thiol groups is 1. The van der Waals surface area contributed by atoms with E-state index in [0.29, 0.717) is 5.41 Å². The zero-order chi connectivity index (χ0) is 36.7. The third-order valence-corrected chi connectivity index (χ3v) is 13.0.